The molecule has 11 heteroatoms. The van der Waals surface area contributed by atoms with Gasteiger partial charge in [0.15, 0.2) is 5.82 Å². The highest BCUT2D eigenvalue weighted by molar-refractivity contribution is 5.69. The molecular formula is C20H23N7O4. The van der Waals surface area contributed by atoms with Crippen LogP contribution in [0.1, 0.15) is 35.5 Å². The maximum Gasteiger partial charge on any atom is 0.327 e. The van der Waals surface area contributed by atoms with Gasteiger partial charge in [-0.3, -0.25) is 20.2 Å². The van der Waals surface area contributed by atoms with Crippen molar-refractivity contribution in [1.29, 1.82) is 0 Å². The van der Waals surface area contributed by atoms with E-state index in [1.165, 1.54) is 10.7 Å². The Hall–Kier alpha value is -3.70. The third-order valence-corrected chi connectivity index (χ3v) is 4.58. The molecule has 1 unspecified atom stereocenters. The van der Waals surface area contributed by atoms with E-state index in [9.17, 15) is 14.9 Å². The molecule has 162 valence electrons. The number of ether oxygens (including phenoxy) is 1. The van der Waals surface area contributed by atoms with Crippen molar-refractivity contribution < 1.29 is 14.5 Å². The fourth-order valence-corrected chi connectivity index (χ4v) is 3.18. The minimum absolute atomic E-state index is 0.0820. The Balaban J connectivity index is 1.97. The summed E-state index contributed by atoms with van der Waals surface area (Å²) in [7, 11) is 0. The van der Waals surface area contributed by atoms with Gasteiger partial charge in [0.05, 0.1) is 17.1 Å². The zero-order chi connectivity index (χ0) is 22.2. The minimum atomic E-state index is -0.743. The summed E-state index contributed by atoms with van der Waals surface area (Å²) < 4.78 is 6.26. The van der Waals surface area contributed by atoms with Gasteiger partial charge in [0.25, 0.3) is 5.69 Å². The Morgan fingerprint density at radius 3 is 2.77 bits per heavy atom. The number of rotatable bonds is 10. The maximum absolute atomic E-state index is 12.0. The van der Waals surface area contributed by atoms with E-state index in [-0.39, 0.29) is 24.7 Å². The summed E-state index contributed by atoms with van der Waals surface area (Å²) in [6.45, 7) is 2.48. The molecule has 0 aliphatic heterocycles. The van der Waals surface area contributed by atoms with Crippen molar-refractivity contribution in [3.05, 3.63) is 81.2 Å². The van der Waals surface area contributed by atoms with Crippen molar-refractivity contribution in [2.45, 2.75) is 32.6 Å². The van der Waals surface area contributed by atoms with Gasteiger partial charge in [0.1, 0.15) is 12.6 Å². The van der Waals surface area contributed by atoms with Crippen molar-refractivity contribution in [2.75, 3.05) is 6.61 Å². The smallest absolute Gasteiger partial charge is 0.327 e. The van der Waals surface area contributed by atoms with E-state index >= 15 is 0 Å². The highest BCUT2D eigenvalue weighted by atomic mass is 16.6. The molecule has 0 amide bonds. The molecule has 3 aromatic rings. The van der Waals surface area contributed by atoms with Gasteiger partial charge < -0.3 is 10.5 Å². The number of para-hydroxylation sites is 1. The molecule has 0 radical (unpaired) electrons. The number of nitrogens with one attached hydrogen (secondary N) is 1. The largest absolute Gasteiger partial charge is 0.465 e. The maximum atomic E-state index is 12.0. The van der Waals surface area contributed by atoms with Crippen LogP contribution in [0.4, 0.5) is 5.69 Å². The van der Waals surface area contributed by atoms with Gasteiger partial charge in [-0.25, -0.2) is 4.68 Å². The molecule has 0 saturated heterocycles. The summed E-state index contributed by atoms with van der Waals surface area (Å²) in [4.78, 5) is 23.1. The Labute approximate surface area is 178 Å². The molecular weight excluding hydrogens is 402 g/mol. The highest BCUT2D eigenvalue weighted by Crippen LogP contribution is 2.29. The van der Waals surface area contributed by atoms with Gasteiger partial charge in [-0.05, 0) is 28.5 Å². The van der Waals surface area contributed by atoms with E-state index in [0.717, 1.165) is 11.1 Å². The molecule has 0 aliphatic rings. The molecule has 11 nitrogen and oxygen atoms in total. The van der Waals surface area contributed by atoms with E-state index in [4.69, 9.17) is 10.5 Å². The van der Waals surface area contributed by atoms with Gasteiger partial charge in [-0.2, -0.15) is 0 Å². The number of hydrogen-bond acceptors (Lipinski definition) is 9. The Bertz CT molecular complexity index is 1050. The number of hydrogen-bond donors (Lipinski definition) is 2. The number of esters is 1. The number of nitro groups is 1. The lowest BCUT2D eigenvalue weighted by Gasteiger charge is -2.19. The van der Waals surface area contributed by atoms with Crippen molar-refractivity contribution in [1.82, 2.24) is 25.5 Å². The third-order valence-electron chi connectivity index (χ3n) is 4.58. The number of nitrogens with zero attached hydrogens (tertiary/aromatic N) is 5. The molecule has 0 aliphatic carbocycles. The average Bonchev–Trinajstić information content (AvgIpc) is 3.22. The highest BCUT2D eigenvalue weighted by Gasteiger charge is 2.28. The fourth-order valence-electron chi connectivity index (χ4n) is 3.18. The second-order valence-electron chi connectivity index (χ2n) is 6.65. The third kappa shape index (κ3) is 5.47. The van der Waals surface area contributed by atoms with Crippen LogP contribution in [0.3, 0.4) is 0 Å². The molecule has 0 saturated carbocycles. The number of nitro benzene ring substituents is 1. The lowest BCUT2D eigenvalue weighted by atomic mass is 10.0. The van der Waals surface area contributed by atoms with Gasteiger partial charge in [0, 0.05) is 19.2 Å². The number of aromatic nitrogens is 4. The molecule has 1 atom stereocenters. The molecule has 31 heavy (non-hydrogen) atoms. The van der Waals surface area contributed by atoms with Crippen LogP contribution in [-0.2, 0) is 29.2 Å². The number of benzene rings is 2. The number of nitrogens with two attached hydrogens (primary N) is 1. The van der Waals surface area contributed by atoms with Crippen LogP contribution in [-0.4, -0.2) is 37.7 Å². The summed E-state index contributed by atoms with van der Waals surface area (Å²) in [6.07, 6.45) is 0. The molecule has 0 spiro atoms. The predicted octanol–water partition coefficient (Wildman–Crippen LogP) is 1.48. The number of carbonyl (C=O) groups excluding carboxylic acids is 1. The van der Waals surface area contributed by atoms with Crippen molar-refractivity contribution in [2.24, 2.45) is 5.73 Å². The summed E-state index contributed by atoms with van der Waals surface area (Å²) >= 11 is 0. The molecule has 0 fully saturated rings. The van der Waals surface area contributed by atoms with Gasteiger partial charge in [-0.1, -0.05) is 42.5 Å². The van der Waals surface area contributed by atoms with E-state index in [2.05, 4.69) is 20.8 Å². The lowest BCUT2D eigenvalue weighted by molar-refractivity contribution is -0.385. The second-order valence-corrected chi connectivity index (χ2v) is 6.65. The molecule has 2 aromatic carbocycles. The first-order chi connectivity index (χ1) is 15.0. The zero-order valence-corrected chi connectivity index (χ0v) is 17.0. The molecule has 0 bridgehead atoms. The van der Waals surface area contributed by atoms with Crippen LogP contribution in [0.15, 0.2) is 48.5 Å². The van der Waals surface area contributed by atoms with Crippen LogP contribution in [0.2, 0.25) is 0 Å². The predicted molar refractivity (Wildman–Crippen MR) is 111 cm³/mol. The standard InChI is InChI=1S/C20H23N7O4/c1-2-31-18(28)13-26-20(23-24-25-26)19(16-8-3-4-9-17(16)27(29)30)22-12-15-7-5-6-14(10-15)11-21/h3-10,19,22H,2,11-13,21H2,1H3. The number of carbonyl (C=O) groups is 1. The van der Waals surface area contributed by atoms with Crippen molar-refractivity contribution in [3.63, 3.8) is 0 Å². The summed E-state index contributed by atoms with van der Waals surface area (Å²) in [5, 5.41) is 26.5. The summed E-state index contributed by atoms with van der Waals surface area (Å²) in [5.74, 6) is -0.245. The first kappa shape index (κ1) is 22.0. The van der Waals surface area contributed by atoms with Crippen LogP contribution in [0.5, 0.6) is 0 Å². The van der Waals surface area contributed by atoms with E-state index in [1.807, 2.05) is 24.3 Å². The molecule has 3 rings (SSSR count). The Kier molecular flexibility index (Phi) is 7.35. The summed E-state index contributed by atoms with van der Waals surface area (Å²) in [5.41, 5.74) is 7.92. The topological polar surface area (TPSA) is 151 Å². The molecule has 1 heterocycles. The quantitative estimate of drug-likeness (QED) is 0.279. The van der Waals surface area contributed by atoms with Crippen LogP contribution >= 0.6 is 0 Å². The van der Waals surface area contributed by atoms with Crippen LogP contribution < -0.4 is 11.1 Å². The van der Waals surface area contributed by atoms with Gasteiger partial charge in [-0.15, -0.1) is 5.10 Å². The number of tetrazole rings is 1. The van der Waals surface area contributed by atoms with E-state index in [1.54, 1.807) is 25.1 Å². The normalized spacial score (nSPS) is 11.8. The van der Waals surface area contributed by atoms with Crippen LogP contribution in [0, 0.1) is 10.1 Å². The van der Waals surface area contributed by atoms with Gasteiger partial charge >= 0.3 is 5.97 Å². The fraction of sp³-hybridized carbons (Fsp3) is 0.300. The van der Waals surface area contributed by atoms with Gasteiger partial charge in [0.2, 0.25) is 0 Å². The monoisotopic (exact) mass is 425 g/mol. The minimum Gasteiger partial charge on any atom is -0.465 e. The average molecular weight is 425 g/mol. The summed E-state index contributed by atoms with van der Waals surface area (Å²) in [6, 6.07) is 13.3. The first-order valence-corrected chi connectivity index (χ1v) is 9.69. The molecule has 1 aromatic heterocycles. The zero-order valence-electron chi connectivity index (χ0n) is 17.0. The van der Waals surface area contributed by atoms with Crippen molar-refractivity contribution >= 4 is 11.7 Å². The van der Waals surface area contributed by atoms with Crippen molar-refractivity contribution in [3.8, 4) is 0 Å². The van der Waals surface area contributed by atoms with E-state index in [0.29, 0.717) is 18.7 Å². The Morgan fingerprint density at radius 1 is 1.26 bits per heavy atom. The molecule has 3 N–H and O–H groups in total. The second kappa shape index (κ2) is 10.4. The first-order valence-electron chi connectivity index (χ1n) is 9.69. The van der Waals surface area contributed by atoms with Crippen LogP contribution in [0.25, 0.3) is 0 Å². The SMILES string of the molecule is CCOC(=O)Cn1nnnc1C(NCc1cccc(CN)c1)c1ccccc1[N+](=O)[O-]. The Morgan fingerprint density at radius 2 is 2.03 bits per heavy atom. The van der Waals surface area contributed by atoms with E-state index < -0.39 is 16.9 Å². The lowest BCUT2D eigenvalue weighted by Crippen LogP contribution is -2.28.